The van der Waals surface area contributed by atoms with Gasteiger partial charge in [-0.2, -0.15) is 0 Å². The fourth-order valence-corrected chi connectivity index (χ4v) is 3.82. The highest BCUT2D eigenvalue weighted by Crippen LogP contribution is 2.33. The molecule has 0 aliphatic carbocycles. The fourth-order valence-electron chi connectivity index (χ4n) is 3.82. The molecule has 0 saturated carbocycles. The van der Waals surface area contributed by atoms with Gasteiger partial charge >= 0.3 is 0 Å². The maximum atomic E-state index is 12.5. The zero-order valence-electron chi connectivity index (χ0n) is 17.8. The van der Waals surface area contributed by atoms with Crippen molar-refractivity contribution >= 4 is 17.3 Å². The van der Waals surface area contributed by atoms with E-state index in [0.717, 1.165) is 49.8 Å². The van der Waals surface area contributed by atoms with Crippen molar-refractivity contribution in [3.63, 3.8) is 0 Å². The van der Waals surface area contributed by atoms with Crippen molar-refractivity contribution in [3.8, 4) is 11.5 Å². The molecule has 156 valence electrons. The lowest BCUT2D eigenvalue weighted by molar-refractivity contribution is -0.117. The van der Waals surface area contributed by atoms with Crippen LogP contribution in [-0.2, 0) is 17.8 Å². The molecule has 1 aliphatic rings. The van der Waals surface area contributed by atoms with Gasteiger partial charge in [0, 0.05) is 37.6 Å². The Morgan fingerprint density at radius 1 is 1.03 bits per heavy atom. The molecule has 1 N–H and O–H groups in total. The quantitative estimate of drug-likeness (QED) is 0.738. The Balaban J connectivity index is 1.59. The van der Waals surface area contributed by atoms with Crippen LogP contribution in [0.5, 0.6) is 11.5 Å². The zero-order valence-corrected chi connectivity index (χ0v) is 17.8. The van der Waals surface area contributed by atoms with Gasteiger partial charge in [0.15, 0.2) is 11.5 Å². The molecule has 6 heteroatoms. The molecule has 0 spiro atoms. The van der Waals surface area contributed by atoms with Crippen molar-refractivity contribution < 1.29 is 14.3 Å². The predicted molar refractivity (Wildman–Crippen MR) is 117 cm³/mol. The molecule has 0 fully saturated rings. The van der Waals surface area contributed by atoms with Crippen molar-refractivity contribution in [1.29, 1.82) is 0 Å². The molecule has 1 aliphatic heterocycles. The first-order chi connectivity index (χ1) is 14.1. The SMILES string of the molecule is CCN(CC)c1ccc(NC(=O)CN2CCc3cc(OC)c(OC)cc3C2)cc1. The average molecular weight is 398 g/mol. The molecule has 1 amide bonds. The molecule has 2 aromatic rings. The van der Waals surface area contributed by atoms with Crippen molar-refractivity contribution in [2.24, 2.45) is 0 Å². The first-order valence-corrected chi connectivity index (χ1v) is 10.2. The minimum Gasteiger partial charge on any atom is -0.493 e. The molecule has 2 aromatic carbocycles. The molecule has 0 radical (unpaired) electrons. The molecule has 0 aromatic heterocycles. The summed E-state index contributed by atoms with van der Waals surface area (Å²) in [6.45, 7) is 8.15. The number of hydrogen-bond acceptors (Lipinski definition) is 5. The molecule has 0 unspecified atom stereocenters. The van der Waals surface area contributed by atoms with E-state index in [2.05, 4.69) is 41.1 Å². The van der Waals surface area contributed by atoms with Gasteiger partial charge in [-0.15, -0.1) is 0 Å². The topological polar surface area (TPSA) is 54.0 Å². The van der Waals surface area contributed by atoms with Crippen LogP contribution in [0, 0.1) is 0 Å². The second kappa shape index (κ2) is 9.65. The lowest BCUT2D eigenvalue weighted by atomic mass is 9.99. The third-order valence-electron chi connectivity index (χ3n) is 5.44. The maximum absolute atomic E-state index is 12.5. The molecule has 1 heterocycles. The Labute approximate surface area is 173 Å². The van der Waals surface area contributed by atoms with E-state index in [1.165, 1.54) is 16.8 Å². The lowest BCUT2D eigenvalue weighted by Crippen LogP contribution is -2.37. The minimum absolute atomic E-state index is 0.00418. The number of anilines is 2. The summed E-state index contributed by atoms with van der Waals surface area (Å²) in [7, 11) is 3.29. The van der Waals surface area contributed by atoms with E-state index in [0.29, 0.717) is 6.54 Å². The molecule has 3 rings (SSSR count). The number of nitrogens with one attached hydrogen (secondary N) is 1. The summed E-state index contributed by atoms with van der Waals surface area (Å²) in [5.41, 5.74) is 4.44. The number of methoxy groups -OCH3 is 2. The van der Waals surface area contributed by atoms with Gasteiger partial charge in [-0.3, -0.25) is 9.69 Å². The van der Waals surface area contributed by atoms with Crippen LogP contribution in [0.1, 0.15) is 25.0 Å². The van der Waals surface area contributed by atoms with Gasteiger partial charge in [-0.05, 0) is 67.8 Å². The standard InChI is InChI=1S/C23H31N3O3/c1-5-26(6-2)20-9-7-19(8-10-20)24-23(27)16-25-12-11-17-13-21(28-3)22(29-4)14-18(17)15-25/h7-10,13-14H,5-6,11-12,15-16H2,1-4H3,(H,24,27). The summed E-state index contributed by atoms with van der Waals surface area (Å²) in [5, 5.41) is 3.01. The van der Waals surface area contributed by atoms with E-state index in [1.54, 1.807) is 14.2 Å². The second-order valence-electron chi connectivity index (χ2n) is 7.20. The van der Waals surface area contributed by atoms with E-state index in [4.69, 9.17) is 9.47 Å². The Morgan fingerprint density at radius 2 is 1.66 bits per heavy atom. The zero-order chi connectivity index (χ0) is 20.8. The number of benzene rings is 2. The summed E-state index contributed by atoms with van der Waals surface area (Å²) in [5.74, 6) is 1.49. The number of nitrogens with zero attached hydrogens (tertiary/aromatic N) is 2. The summed E-state index contributed by atoms with van der Waals surface area (Å²) < 4.78 is 10.8. The molecule has 6 nitrogen and oxygen atoms in total. The number of amides is 1. The lowest BCUT2D eigenvalue weighted by Gasteiger charge is -2.29. The van der Waals surface area contributed by atoms with Gasteiger partial charge in [0.25, 0.3) is 0 Å². The van der Waals surface area contributed by atoms with Crippen molar-refractivity contribution in [2.45, 2.75) is 26.8 Å². The van der Waals surface area contributed by atoms with E-state index >= 15 is 0 Å². The number of fused-ring (bicyclic) bond motifs is 1. The van der Waals surface area contributed by atoms with Crippen LogP contribution < -0.4 is 19.7 Å². The number of ether oxygens (including phenoxy) is 2. The normalized spacial score (nSPS) is 13.5. The highest BCUT2D eigenvalue weighted by Gasteiger charge is 2.21. The smallest absolute Gasteiger partial charge is 0.238 e. The maximum Gasteiger partial charge on any atom is 0.238 e. The number of carbonyl (C=O) groups excluding carboxylic acids is 1. The van der Waals surface area contributed by atoms with Crippen LogP contribution in [-0.4, -0.2) is 51.2 Å². The Morgan fingerprint density at radius 3 is 2.24 bits per heavy atom. The molecular formula is C23H31N3O3. The first kappa shape index (κ1) is 21.0. The van der Waals surface area contributed by atoms with Crippen LogP contribution in [0.2, 0.25) is 0 Å². The number of carbonyl (C=O) groups is 1. The monoisotopic (exact) mass is 397 g/mol. The molecule has 0 saturated heterocycles. The van der Waals surface area contributed by atoms with E-state index in [9.17, 15) is 4.79 Å². The summed E-state index contributed by atoms with van der Waals surface area (Å²) in [6, 6.07) is 12.1. The first-order valence-electron chi connectivity index (χ1n) is 10.2. The van der Waals surface area contributed by atoms with E-state index < -0.39 is 0 Å². The summed E-state index contributed by atoms with van der Waals surface area (Å²) >= 11 is 0. The molecular weight excluding hydrogens is 366 g/mol. The predicted octanol–water partition coefficient (Wildman–Crippen LogP) is 3.55. The van der Waals surface area contributed by atoms with Gasteiger partial charge in [0.2, 0.25) is 5.91 Å². The van der Waals surface area contributed by atoms with Gasteiger partial charge < -0.3 is 19.7 Å². The minimum atomic E-state index is 0.00418. The van der Waals surface area contributed by atoms with Gasteiger partial charge in [0.1, 0.15) is 0 Å². The summed E-state index contributed by atoms with van der Waals surface area (Å²) in [6.07, 6.45) is 0.890. The van der Waals surface area contributed by atoms with Crippen LogP contribution in [0.25, 0.3) is 0 Å². The van der Waals surface area contributed by atoms with Gasteiger partial charge in [-0.25, -0.2) is 0 Å². The molecule has 0 atom stereocenters. The molecule has 0 bridgehead atoms. The van der Waals surface area contributed by atoms with Crippen LogP contribution >= 0.6 is 0 Å². The molecule has 29 heavy (non-hydrogen) atoms. The Hall–Kier alpha value is -2.73. The van der Waals surface area contributed by atoms with E-state index in [1.807, 2.05) is 24.3 Å². The van der Waals surface area contributed by atoms with Crippen molar-refractivity contribution in [3.05, 3.63) is 47.5 Å². The number of hydrogen-bond donors (Lipinski definition) is 1. The van der Waals surface area contributed by atoms with Gasteiger partial charge in [-0.1, -0.05) is 0 Å². The highest BCUT2D eigenvalue weighted by atomic mass is 16.5. The average Bonchev–Trinajstić information content (AvgIpc) is 2.74. The van der Waals surface area contributed by atoms with Crippen LogP contribution in [0.4, 0.5) is 11.4 Å². The van der Waals surface area contributed by atoms with Gasteiger partial charge in [0.05, 0.1) is 20.8 Å². The Kier molecular flexibility index (Phi) is 6.99. The van der Waals surface area contributed by atoms with Crippen molar-refractivity contribution in [2.75, 3.05) is 50.6 Å². The van der Waals surface area contributed by atoms with Crippen molar-refractivity contribution in [1.82, 2.24) is 4.90 Å². The largest absolute Gasteiger partial charge is 0.493 e. The summed E-state index contributed by atoms with van der Waals surface area (Å²) in [4.78, 5) is 17.0. The van der Waals surface area contributed by atoms with Crippen LogP contribution in [0.3, 0.4) is 0 Å². The third-order valence-corrected chi connectivity index (χ3v) is 5.44. The highest BCUT2D eigenvalue weighted by molar-refractivity contribution is 5.92. The number of rotatable bonds is 8. The Bertz CT molecular complexity index is 832. The second-order valence-corrected chi connectivity index (χ2v) is 7.20. The van der Waals surface area contributed by atoms with E-state index in [-0.39, 0.29) is 5.91 Å². The fraction of sp³-hybridized carbons (Fsp3) is 0.435. The third kappa shape index (κ3) is 5.01. The van der Waals surface area contributed by atoms with Crippen LogP contribution in [0.15, 0.2) is 36.4 Å².